The van der Waals surface area contributed by atoms with E-state index in [9.17, 15) is 0 Å². The van der Waals surface area contributed by atoms with Gasteiger partial charge in [0.15, 0.2) is 0 Å². The summed E-state index contributed by atoms with van der Waals surface area (Å²) in [6, 6.07) is 15.8. The molecule has 0 atom stereocenters. The lowest BCUT2D eigenvalue weighted by Gasteiger charge is -2.04. The molecule has 2 rings (SSSR count). The summed E-state index contributed by atoms with van der Waals surface area (Å²) in [5.74, 6) is 0. The van der Waals surface area contributed by atoms with Crippen LogP contribution in [0, 0.1) is 0 Å². The predicted molar refractivity (Wildman–Crippen MR) is 64.1 cm³/mol. The second-order valence-corrected chi connectivity index (χ2v) is 3.94. The molecule has 0 aromatic heterocycles. The molecule has 0 amide bonds. The van der Waals surface area contributed by atoms with Crippen LogP contribution in [0.3, 0.4) is 0 Å². The summed E-state index contributed by atoms with van der Waals surface area (Å²) in [4.78, 5) is 0.981. The minimum atomic E-state index is 0.755. The van der Waals surface area contributed by atoms with Crippen molar-refractivity contribution in [2.24, 2.45) is 0 Å². The maximum atomic E-state index is 5.82. The van der Waals surface area contributed by atoms with Gasteiger partial charge in [-0.05, 0) is 29.3 Å². The van der Waals surface area contributed by atoms with Crippen LogP contribution < -0.4 is 0 Å². The fraction of sp³-hybridized carbons (Fsp3) is 0. The van der Waals surface area contributed by atoms with E-state index in [0.717, 1.165) is 21.0 Å². The molecule has 70 valence electrons. The van der Waals surface area contributed by atoms with Crippen molar-refractivity contribution < 1.29 is 0 Å². The topological polar surface area (TPSA) is 0 Å². The maximum absolute atomic E-state index is 5.82. The molecule has 2 heteroatoms. The zero-order chi connectivity index (χ0) is 9.97. The summed E-state index contributed by atoms with van der Waals surface area (Å²) >= 11 is 10.2. The maximum Gasteiger partial charge on any atom is 0.0406 e. The van der Waals surface area contributed by atoms with Gasteiger partial charge in [0.25, 0.3) is 0 Å². The van der Waals surface area contributed by atoms with Gasteiger partial charge in [0.05, 0.1) is 0 Å². The van der Waals surface area contributed by atoms with Gasteiger partial charge < -0.3 is 0 Å². The van der Waals surface area contributed by atoms with Gasteiger partial charge in [-0.3, -0.25) is 0 Å². The molecule has 0 aliphatic rings. The van der Waals surface area contributed by atoms with Gasteiger partial charge in [0.1, 0.15) is 0 Å². The molecule has 14 heavy (non-hydrogen) atoms. The van der Waals surface area contributed by atoms with Crippen molar-refractivity contribution in [2.45, 2.75) is 4.90 Å². The van der Waals surface area contributed by atoms with E-state index >= 15 is 0 Å². The molecule has 0 fully saturated rings. The molecule has 2 aromatic rings. The lowest BCUT2D eigenvalue weighted by molar-refractivity contribution is 1.46. The average molecular weight is 221 g/mol. The second-order valence-electron chi connectivity index (χ2n) is 3.02. The molecule has 0 spiro atoms. The molecular weight excluding hydrogens is 212 g/mol. The van der Waals surface area contributed by atoms with Crippen molar-refractivity contribution in [2.75, 3.05) is 0 Å². The van der Waals surface area contributed by atoms with Gasteiger partial charge in [0.2, 0.25) is 0 Å². The standard InChI is InChI=1S/C12H9ClS/c13-10-7-5-9(6-8-10)11-3-1-2-4-12(11)14/h1-8,14H. The van der Waals surface area contributed by atoms with Gasteiger partial charge in [-0.25, -0.2) is 0 Å². The van der Waals surface area contributed by atoms with Crippen molar-refractivity contribution in [3.05, 3.63) is 53.6 Å². The summed E-state index contributed by atoms with van der Waals surface area (Å²) in [6.07, 6.45) is 0. The molecule has 2 aromatic carbocycles. The lowest BCUT2D eigenvalue weighted by Crippen LogP contribution is -1.78. The molecular formula is C12H9ClS. The van der Waals surface area contributed by atoms with Crippen molar-refractivity contribution in [3.8, 4) is 11.1 Å². The number of hydrogen-bond donors (Lipinski definition) is 1. The highest BCUT2D eigenvalue weighted by atomic mass is 35.5. The zero-order valence-corrected chi connectivity index (χ0v) is 9.09. The Bertz CT molecular complexity index is 434. The molecule has 0 unspecified atom stereocenters. The van der Waals surface area contributed by atoms with Gasteiger partial charge in [-0.2, -0.15) is 0 Å². The Morgan fingerprint density at radius 3 is 2.14 bits per heavy atom. The molecule has 0 nitrogen and oxygen atoms in total. The average Bonchev–Trinajstić information content (AvgIpc) is 2.20. The molecule has 0 saturated carbocycles. The van der Waals surface area contributed by atoms with Crippen LogP contribution >= 0.6 is 24.2 Å². The first-order chi connectivity index (χ1) is 6.77. The molecule has 0 radical (unpaired) electrons. The molecule has 0 aliphatic heterocycles. The second kappa shape index (κ2) is 4.07. The smallest absolute Gasteiger partial charge is 0.0406 e. The van der Waals surface area contributed by atoms with Crippen LogP contribution in [0.5, 0.6) is 0 Å². The normalized spacial score (nSPS) is 10.1. The van der Waals surface area contributed by atoms with Crippen LogP contribution in [0.1, 0.15) is 0 Å². The Kier molecular flexibility index (Phi) is 2.80. The Morgan fingerprint density at radius 2 is 1.50 bits per heavy atom. The summed E-state index contributed by atoms with van der Waals surface area (Å²) < 4.78 is 0. The molecule has 0 saturated heterocycles. The van der Waals surface area contributed by atoms with E-state index in [0.29, 0.717) is 0 Å². The lowest BCUT2D eigenvalue weighted by atomic mass is 10.1. The SMILES string of the molecule is Sc1ccccc1-c1ccc(Cl)cc1. The minimum absolute atomic E-state index is 0.755. The molecule has 0 N–H and O–H groups in total. The van der Waals surface area contributed by atoms with Crippen LogP contribution in [0.2, 0.25) is 5.02 Å². The van der Waals surface area contributed by atoms with E-state index in [4.69, 9.17) is 11.6 Å². The fourth-order valence-corrected chi connectivity index (χ4v) is 1.76. The summed E-state index contributed by atoms with van der Waals surface area (Å²) in [7, 11) is 0. The van der Waals surface area contributed by atoms with Crippen LogP contribution in [0.15, 0.2) is 53.4 Å². The highest BCUT2D eigenvalue weighted by Crippen LogP contribution is 2.26. The Hall–Kier alpha value is -0.920. The van der Waals surface area contributed by atoms with Crippen molar-refractivity contribution >= 4 is 24.2 Å². The first-order valence-electron chi connectivity index (χ1n) is 4.31. The van der Waals surface area contributed by atoms with Crippen molar-refractivity contribution in [3.63, 3.8) is 0 Å². The highest BCUT2D eigenvalue weighted by molar-refractivity contribution is 7.80. The minimum Gasteiger partial charge on any atom is -0.143 e. The number of halogens is 1. The fourth-order valence-electron chi connectivity index (χ4n) is 1.35. The van der Waals surface area contributed by atoms with E-state index in [1.165, 1.54) is 0 Å². The van der Waals surface area contributed by atoms with Gasteiger partial charge >= 0.3 is 0 Å². The molecule has 0 heterocycles. The monoisotopic (exact) mass is 220 g/mol. The molecule has 0 bridgehead atoms. The van der Waals surface area contributed by atoms with Crippen LogP contribution in [0.4, 0.5) is 0 Å². The van der Waals surface area contributed by atoms with Crippen LogP contribution in [-0.2, 0) is 0 Å². The number of benzene rings is 2. The van der Waals surface area contributed by atoms with E-state index < -0.39 is 0 Å². The van der Waals surface area contributed by atoms with Gasteiger partial charge in [-0.1, -0.05) is 41.9 Å². The summed E-state index contributed by atoms with van der Waals surface area (Å²) in [5, 5.41) is 0.755. The zero-order valence-electron chi connectivity index (χ0n) is 7.44. The first-order valence-corrected chi connectivity index (χ1v) is 5.14. The van der Waals surface area contributed by atoms with Crippen LogP contribution in [0.25, 0.3) is 11.1 Å². The largest absolute Gasteiger partial charge is 0.143 e. The third kappa shape index (κ3) is 1.94. The molecule has 0 aliphatic carbocycles. The Morgan fingerprint density at radius 1 is 0.857 bits per heavy atom. The number of hydrogen-bond acceptors (Lipinski definition) is 1. The number of thiol groups is 1. The van der Waals surface area contributed by atoms with E-state index in [2.05, 4.69) is 12.6 Å². The predicted octanol–water partition coefficient (Wildman–Crippen LogP) is 4.30. The van der Waals surface area contributed by atoms with E-state index in [1.807, 2.05) is 48.5 Å². The first kappa shape index (κ1) is 9.63. The van der Waals surface area contributed by atoms with E-state index in [-0.39, 0.29) is 0 Å². The van der Waals surface area contributed by atoms with Crippen molar-refractivity contribution in [1.29, 1.82) is 0 Å². The van der Waals surface area contributed by atoms with Crippen LogP contribution in [-0.4, -0.2) is 0 Å². The third-order valence-corrected chi connectivity index (χ3v) is 2.70. The van der Waals surface area contributed by atoms with Crippen molar-refractivity contribution in [1.82, 2.24) is 0 Å². The number of rotatable bonds is 1. The Balaban J connectivity index is 2.50. The van der Waals surface area contributed by atoms with Gasteiger partial charge in [0, 0.05) is 9.92 Å². The summed E-state index contributed by atoms with van der Waals surface area (Å²) in [5.41, 5.74) is 2.27. The highest BCUT2D eigenvalue weighted by Gasteiger charge is 2.00. The third-order valence-electron chi connectivity index (χ3n) is 2.06. The quantitative estimate of drug-likeness (QED) is 0.681. The van der Waals surface area contributed by atoms with E-state index in [1.54, 1.807) is 0 Å². The Labute approximate surface area is 93.9 Å². The summed E-state index contributed by atoms with van der Waals surface area (Å²) in [6.45, 7) is 0. The van der Waals surface area contributed by atoms with Gasteiger partial charge in [-0.15, -0.1) is 12.6 Å².